The van der Waals surface area contributed by atoms with Crippen LogP contribution in [0.2, 0.25) is 0 Å². The summed E-state index contributed by atoms with van der Waals surface area (Å²) < 4.78 is 0. The standard InChI is InChI=1S/C15H23N/c1-4-5-11-6-8-12(9-7-11)14(16)13-10-15(13,2)3/h6-9,13-14H,4-5,10,16H2,1-3H3. The monoisotopic (exact) mass is 217 g/mol. The van der Waals surface area contributed by atoms with E-state index in [4.69, 9.17) is 5.73 Å². The minimum Gasteiger partial charge on any atom is -0.324 e. The van der Waals surface area contributed by atoms with Gasteiger partial charge in [0.05, 0.1) is 0 Å². The molecule has 2 atom stereocenters. The summed E-state index contributed by atoms with van der Waals surface area (Å²) in [5.74, 6) is 0.671. The number of hydrogen-bond acceptors (Lipinski definition) is 1. The second kappa shape index (κ2) is 4.21. The third-order valence-corrected chi connectivity index (χ3v) is 3.93. The van der Waals surface area contributed by atoms with Crippen LogP contribution in [0.4, 0.5) is 0 Å². The van der Waals surface area contributed by atoms with Gasteiger partial charge in [0.1, 0.15) is 0 Å². The summed E-state index contributed by atoms with van der Waals surface area (Å²) in [7, 11) is 0. The van der Waals surface area contributed by atoms with Gasteiger partial charge < -0.3 is 5.73 Å². The largest absolute Gasteiger partial charge is 0.324 e. The van der Waals surface area contributed by atoms with Crippen molar-refractivity contribution < 1.29 is 0 Å². The van der Waals surface area contributed by atoms with Gasteiger partial charge in [-0.3, -0.25) is 0 Å². The molecular formula is C15H23N. The molecule has 0 heterocycles. The van der Waals surface area contributed by atoms with Crippen molar-refractivity contribution in [3.8, 4) is 0 Å². The van der Waals surface area contributed by atoms with Gasteiger partial charge in [0.2, 0.25) is 0 Å². The van der Waals surface area contributed by atoms with Crippen molar-refractivity contribution in [1.29, 1.82) is 0 Å². The van der Waals surface area contributed by atoms with Crippen LogP contribution in [0.3, 0.4) is 0 Å². The molecular weight excluding hydrogens is 194 g/mol. The highest BCUT2D eigenvalue weighted by molar-refractivity contribution is 5.27. The first-order chi connectivity index (χ1) is 7.54. The molecule has 2 unspecified atom stereocenters. The molecule has 1 saturated carbocycles. The van der Waals surface area contributed by atoms with Crippen LogP contribution in [-0.4, -0.2) is 0 Å². The Morgan fingerprint density at radius 1 is 1.31 bits per heavy atom. The van der Waals surface area contributed by atoms with E-state index in [0.29, 0.717) is 11.3 Å². The van der Waals surface area contributed by atoms with E-state index in [1.807, 2.05) is 0 Å². The first-order valence-corrected chi connectivity index (χ1v) is 6.39. The molecule has 0 spiro atoms. The van der Waals surface area contributed by atoms with Crippen molar-refractivity contribution in [2.24, 2.45) is 17.1 Å². The van der Waals surface area contributed by atoms with Crippen LogP contribution < -0.4 is 5.73 Å². The van der Waals surface area contributed by atoms with Crippen LogP contribution in [0.15, 0.2) is 24.3 Å². The lowest BCUT2D eigenvalue weighted by atomic mass is 9.96. The Kier molecular flexibility index (Phi) is 3.07. The Balaban J connectivity index is 2.04. The average Bonchev–Trinajstić information content (AvgIpc) is 2.88. The van der Waals surface area contributed by atoms with Crippen LogP contribution in [0.5, 0.6) is 0 Å². The number of nitrogens with two attached hydrogens (primary N) is 1. The van der Waals surface area contributed by atoms with Crippen LogP contribution in [0.1, 0.15) is 50.8 Å². The molecule has 0 aromatic heterocycles. The summed E-state index contributed by atoms with van der Waals surface area (Å²) in [5, 5.41) is 0. The fourth-order valence-corrected chi connectivity index (χ4v) is 2.55. The van der Waals surface area contributed by atoms with E-state index in [1.54, 1.807) is 0 Å². The van der Waals surface area contributed by atoms with Crippen LogP contribution in [0, 0.1) is 11.3 Å². The maximum absolute atomic E-state index is 6.30. The van der Waals surface area contributed by atoms with E-state index in [1.165, 1.54) is 30.4 Å². The van der Waals surface area contributed by atoms with Gasteiger partial charge in [-0.25, -0.2) is 0 Å². The fourth-order valence-electron chi connectivity index (χ4n) is 2.55. The number of rotatable bonds is 4. The van der Waals surface area contributed by atoms with E-state index >= 15 is 0 Å². The van der Waals surface area contributed by atoms with Gasteiger partial charge in [0.15, 0.2) is 0 Å². The summed E-state index contributed by atoms with van der Waals surface area (Å²) in [6, 6.07) is 9.11. The lowest BCUT2D eigenvalue weighted by Crippen LogP contribution is -2.15. The minimum absolute atomic E-state index is 0.227. The molecule has 88 valence electrons. The molecule has 16 heavy (non-hydrogen) atoms. The van der Waals surface area contributed by atoms with Crippen molar-refractivity contribution in [2.45, 2.75) is 46.1 Å². The van der Waals surface area contributed by atoms with Crippen molar-refractivity contribution in [3.63, 3.8) is 0 Å². The molecule has 0 amide bonds. The third kappa shape index (κ3) is 2.30. The highest BCUT2D eigenvalue weighted by Gasteiger charge is 2.49. The lowest BCUT2D eigenvalue weighted by Gasteiger charge is -2.14. The van der Waals surface area contributed by atoms with Crippen molar-refractivity contribution in [2.75, 3.05) is 0 Å². The first kappa shape index (κ1) is 11.7. The lowest BCUT2D eigenvalue weighted by molar-refractivity contribution is 0.491. The van der Waals surface area contributed by atoms with E-state index in [9.17, 15) is 0 Å². The molecule has 0 radical (unpaired) electrons. The predicted molar refractivity (Wildman–Crippen MR) is 69.3 cm³/mol. The molecule has 1 nitrogen and oxygen atoms in total. The smallest absolute Gasteiger partial charge is 0.0328 e. The Hall–Kier alpha value is -0.820. The Labute approximate surface area is 99.0 Å². The zero-order chi connectivity index (χ0) is 11.8. The molecule has 0 aliphatic heterocycles. The first-order valence-electron chi connectivity index (χ1n) is 6.39. The molecule has 1 aliphatic rings. The summed E-state index contributed by atoms with van der Waals surface area (Å²) in [6.45, 7) is 6.83. The van der Waals surface area contributed by atoms with Gasteiger partial charge in [0, 0.05) is 6.04 Å². The molecule has 1 heteroatoms. The average molecular weight is 217 g/mol. The Morgan fingerprint density at radius 2 is 1.88 bits per heavy atom. The van der Waals surface area contributed by atoms with Gasteiger partial charge in [-0.05, 0) is 35.3 Å². The van der Waals surface area contributed by atoms with Crippen molar-refractivity contribution in [1.82, 2.24) is 0 Å². The maximum atomic E-state index is 6.30. The highest BCUT2D eigenvalue weighted by atomic mass is 14.7. The number of hydrogen-bond donors (Lipinski definition) is 1. The Morgan fingerprint density at radius 3 is 2.31 bits per heavy atom. The number of aryl methyl sites for hydroxylation is 1. The molecule has 1 aromatic rings. The highest BCUT2D eigenvalue weighted by Crippen LogP contribution is 2.56. The van der Waals surface area contributed by atoms with Crippen LogP contribution >= 0.6 is 0 Å². The van der Waals surface area contributed by atoms with Gasteiger partial charge in [0.25, 0.3) is 0 Å². The molecule has 0 bridgehead atoms. The summed E-state index contributed by atoms with van der Waals surface area (Å²) in [6.07, 6.45) is 3.65. The van der Waals surface area contributed by atoms with Gasteiger partial charge in [-0.15, -0.1) is 0 Å². The second-order valence-electron chi connectivity index (χ2n) is 5.82. The fraction of sp³-hybridized carbons (Fsp3) is 0.600. The molecule has 1 aliphatic carbocycles. The van der Waals surface area contributed by atoms with Gasteiger partial charge in [-0.1, -0.05) is 51.5 Å². The molecule has 0 saturated heterocycles. The maximum Gasteiger partial charge on any atom is 0.0328 e. The molecule has 1 aromatic carbocycles. The summed E-state index contributed by atoms with van der Waals surface area (Å²) >= 11 is 0. The van der Waals surface area contributed by atoms with Crippen molar-refractivity contribution >= 4 is 0 Å². The minimum atomic E-state index is 0.227. The second-order valence-corrected chi connectivity index (χ2v) is 5.82. The molecule has 2 rings (SSSR count). The zero-order valence-corrected chi connectivity index (χ0v) is 10.7. The molecule has 2 N–H and O–H groups in total. The normalized spacial score (nSPS) is 24.1. The third-order valence-electron chi connectivity index (χ3n) is 3.93. The Bertz CT molecular complexity index is 350. The predicted octanol–water partition coefficient (Wildman–Crippen LogP) is 3.69. The van der Waals surface area contributed by atoms with E-state index in [2.05, 4.69) is 45.0 Å². The number of benzene rings is 1. The van der Waals surface area contributed by atoms with E-state index < -0.39 is 0 Å². The van der Waals surface area contributed by atoms with Gasteiger partial charge in [-0.2, -0.15) is 0 Å². The van der Waals surface area contributed by atoms with Crippen LogP contribution in [-0.2, 0) is 6.42 Å². The van der Waals surface area contributed by atoms with Crippen molar-refractivity contribution in [3.05, 3.63) is 35.4 Å². The van der Waals surface area contributed by atoms with E-state index in [0.717, 1.165) is 0 Å². The molecule has 1 fully saturated rings. The quantitative estimate of drug-likeness (QED) is 0.818. The van der Waals surface area contributed by atoms with E-state index in [-0.39, 0.29) is 6.04 Å². The SMILES string of the molecule is CCCc1ccc(C(N)C2CC2(C)C)cc1. The summed E-state index contributed by atoms with van der Waals surface area (Å²) in [5.41, 5.74) is 9.49. The summed E-state index contributed by atoms with van der Waals surface area (Å²) in [4.78, 5) is 0. The van der Waals surface area contributed by atoms with Crippen LogP contribution in [0.25, 0.3) is 0 Å². The topological polar surface area (TPSA) is 26.0 Å². The zero-order valence-electron chi connectivity index (χ0n) is 10.7. The van der Waals surface area contributed by atoms with Gasteiger partial charge >= 0.3 is 0 Å².